The summed E-state index contributed by atoms with van der Waals surface area (Å²) in [5, 5.41) is 2.86. The standard InChI is InChI=1S/C18H17ClN2OS/c1-22-12-11-21-17(14-7-9-15(19)10-8-14)13-23-18(21)20-16-5-3-2-4-6-16/h2-10,13H,11-12H2,1H3. The maximum Gasteiger partial charge on any atom is 0.190 e. The number of para-hydroxylation sites is 1. The molecule has 0 saturated carbocycles. The number of nitrogens with zero attached hydrogens (tertiary/aromatic N) is 2. The van der Waals surface area contributed by atoms with Crippen LogP contribution in [0.3, 0.4) is 0 Å². The van der Waals surface area contributed by atoms with Crippen molar-refractivity contribution in [1.29, 1.82) is 0 Å². The minimum absolute atomic E-state index is 0.638. The van der Waals surface area contributed by atoms with Crippen molar-refractivity contribution in [3.63, 3.8) is 0 Å². The maximum absolute atomic E-state index is 5.99. The van der Waals surface area contributed by atoms with Crippen molar-refractivity contribution < 1.29 is 4.74 Å². The summed E-state index contributed by atoms with van der Waals surface area (Å²) in [6, 6.07) is 17.8. The van der Waals surface area contributed by atoms with Crippen LogP contribution in [0, 0.1) is 0 Å². The van der Waals surface area contributed by atoms with Gasteiger partial charge in [0.15, 0.2) is 4.80 Å². The quantitative estimate of drug-likeness (QED) is 0.656. The predicted octanol–water partition coefficient (Wildman–Crippen LogP) is 4.75. The lowest BCUT2D eigenvalue weighted by Gasteiger charge is -2.08. The highest BCUT2D eigenvalue weighted by Crippen LogP contribution is 2.22. The van der Waals surface area contributed by atoms with Gasteiger partial charge in [0.2, 0.25) is 0 Å². The molecule has 3 rings (SSSR count). The SMILES string of the molecule is COCCn1c(-c2ccc(Cl)cc2)csc1=Nc1ccccc1. The van der Waals surface area contributed by atoms with Gasteiger partial charge in [-0.15, -0.1) is 11.3 Å². The fourth-order valence-corrected chi connectivity index (χ4v) is 3.36. The molecule has 0 bridgehead atoms. The van der Waals surface area contributed by atoms with Gasteiger partial charge in [0.05, 0.1) is 18.0 Å². The Bertz CT molecular complexity index is 822. The molecule has 118 valence electrons. The molecule has 0 aliphatic heterocycles. The zero-order valence-electron chi connectivity index (χ0n) is 12.8. The molecule has 0 amide bonds. The van der Waals surface area contributed by atoms with E-state index in [2.05, 4.69) is 9.95 Å². The largest absolute Gasteiger partial charge is 0.383 e. The van der Waals surface area contributed by atoms with Crippen LogP contribution in [0.5, 0.6) is 0 Å². The molecule has 3 nitrogen and oxygen atoms in total. The molecule has 1 aromatic heterocycles. The first kappa shape index (κ1) is 16.0. The van der Waals surface area contributed by atoms with Crippen LogP contribution in [0.4, 0.5) is 5.69 Å². The van der Waals surface area contributed by atoms with Gasteiger partial charge in [0.25, 0.3) is 0 Å². The summed E-state index contributed by atoms with van der Waals surface area (Å²) in [5.41, 5.74) is 3.19. The molecule has 0 N–H and O–H groups in total. The Morgan fingerprint density at radius 1 is 1.09 bits per heavy atom. The molecule has 3 aromatic rings. The zero-order chi connectivity index (χ0) is 16.1. The molecule has 5 heteroatoms. The number of rotatable bonds is 5. The normalized spacial score (nSPS) is 11.8. The van der Waals surface area contributed by atoms with Gasteiger partial charge >= 0.3 is 0 Å². The molecule has 1 heterocycles. The number of benzene rings is 2. The summed E-state index contributed by atoms with van der Waals surface area (Å²) < 4.78 is 7.44. The van der Waals surface area contributed by atoms with Crippen LogP contribution in [0.25, 0.3) is 11.3 Å². The number of hydrogen-bond acceptors (Lipinski definition) is 3. The Morgan fingerprint density at radius 2 is 1.83 bits per heavy atom. The lowest BCUT2D eigenvalue weighted by molar-refractivity contribution is 0.187. The van der Waals surface area contributed by atoms with E-state index in [9.17, 15) is 0 Å². The molecule has 0 radical (unpaired) electrons. The van der Waals surface area contributed by atoms with Crippen LogP contribution in [-0.2, 0) is 11.3 Å². The average Bonchev–Trinajstić information content (AvgIpc) is 2.97. The van der Waals surface area contributed by atoms with Gasteiger partial charge in [-0.25, -0.2) is 4.99 Å². The van der Waals surface area contributed by atoms with E-state index in [0.29, 0.717) is 6.61 Å². The Morgan fingerprint density at radius 3 is 2.52 bits per heavy atom. The Balaban J connectivity index is 2.07. The summed E-state index contributed by atoms with van der Waals surface area (Å²) in [6.07, 6.45) is 0. The van der Waals surface area contributed by atoms with E-state index in [1.807, 2.05) is 54.6 Å². The van der Waals surface area contributed by atoms with E-state index in [0.717, 1.165) is 33.3 Å². The number of methoxy groups -OCH3 is 1. The van der Waals surface area contributed by atoms with Crippen LogP contribution in [0.15, 0.2) is 65.0 Å². The second-order valence-corrected chi connectivity index (χ2v) is 6.28. The Labute approximate surface area is 144 Å². The van der Waals surface area contributed by atoms with Crippen LogP contribution >= 0.6 is 22.9 Å². The minimum Gasteiger partial charge on any atom is -0.383 e. The van der Waals surface area contributed by atoms with Crippen LogP contribution in [0.2, 0.25) is 5.02 Å². The summed E-state index contributed by atoms with van der Waals surface area (Å²) in [6.45, 7) is 1.39. The minimum atomic E-state index is 0.638. The molecule has 2 aromatic carbocycles. The second-order valence-electron chi connectivity index (χ2n) is 5.00. The first-order valence-electron chi connectivity index (χ1n) is 7.31. The third-order valence-electron chi connectivity index (χ3n) is 3.44. The average molecular weight is 345 g/mol. The molecule has 23 heavy (non-hydrogen) atoms. The lowest BCUT2D eigenvalue weighted by Crippen LogP contribution is -2.18. The lowest BCUT2D eigenvalue weighted by atomic mass is 10.2. The smallest absolute Gasteiger partial charge is 0.190 e. The monoisotopic (exact) mass is 344 g/mol. The van der Waals surface area contributed by atoms with Gasteiger partial charge in [-0.3, -0.25) is 0 Å². The van der Waals surface area contributed by atoms with Crippen molar-refractivity contribution >= 4 is 28.6 Å². The number of thiazole rings is 1. The molecule has 0 saturated heterocycles. The van der Waals surface area contributed by atoms with Gasteiger partial charge in [-0.1, -0.05) is 41.9 Å². The van der Waals surface area contributed by atoms with Crippen molar-refractivity contribution in [2.24, 2.45) is 4.99 Å². The molecule has 0 unspecified atom stereocenters. The molecular formula is C18H17ClN2OS. The number of halogens is 1. The first-order valence-corrected chi connectivity index (χ1v) is 8.56. The van der Waals surface area contributed by atoms with E-state index in [1.165, 1.54) is 0 Å². The third-order valence-corrected chi connectivity index (χ3v) is 4.55. The van der Waals surface area contributed by atoms with Gasteiger partial charge in [0.1, 0.15) is 0 Å². The topological polar surface area (TPSA) is 26.5 Å². The van der Waals surface area contributed by atoms with Gasteiger partial charge in [-0.05, 0) is 29.8 Å². The van der Waals surface area contributed by atoms with E-state index in [4.69, 9.17) is 21.3 Å². The van der Waals surface area contributed by atoms with Crippen LogP contribution in [-0.4, -0.2) is 18.3 Å². The van der Waals surface area contributed by atoms with Crippen molar-refractivity contribution in [1.82, 2.24) is 4.57 Å². The molecule has 0 fully saturated rings. The molecule has 0 atom stereocenters. The van der Waals surface area contributed by atoms with Crippen LogP contribution in [0.1, 0.15) is 0 Å². The summed E-state index contributed by atoms with van der Waals surface area (Å²) in [4.78, 5) is 5.71. The number of ether oxygens (including phenoxy) is 1. The van der Waals surface area contributed by atoms with Crippen molar-refractivity contribution in [3.05, 3.63) is 69.8 Å². The number of hydrogen-bond donors (Lipinski definition) is 0. The fourth-order valence-electron chi connectivity index (χ4n) is 2.28. The Kier molecular flexibility index (Phi) is 5.28. The van der Waals surface area contributed by atoms with Gasteiger partial charge in [0, 0.05) is 24.1 Å². The number of aromatic nitrogens is 1. The van der Waals surface area contributed by atoms with E-state index < -0.39 is 0 Å². The van der Waals surface area contributed by atoms with E-state index >= 15 is 0 Å². The summed E-state index contributed by atoms with van der Waals surface area (Å²) >= 11 is 7.62. The van der Waals surface area contributed by atoms with E-state index in [1.54, 1.807) is 18.4 Å². The predicted molar refractivity (Wildman–Crippen MR) is 96.3 cm³/mol. The highest BCUT2D eigenvalue weighted by Gasteiger charge is 2.08. The first-order chi connectivity index (χ1) is 11.3. The van der Waals surface area contributed by atoms with Gasteiger partial charge in [-0.2, -0.15) is 0 Å². The van der Waals surface area contributed by atoms with E-state index in [-0.39, 0.29) is 0 Å². The molecule has 0 aliphatic carbocycles. The fraction of sp³-hybridized carbons (Fsp3) is 0.167. The summed E-state index contributed by atoms with van der Waals surface area (Å²) in [5.74, 6) is 0. The Hall–Kier alpha value is -1.88. The third kappa shape index (κ3) is 3.91. The molecule has 0 spiro atoms. The highest BCUT2D eigenvalue weighted by atomic mass is 35.5. The van der Waals surface area contributed by atoms with Crippen molar-refractivity contribution in [2.75, 3.05) is 13.7 Å². The van der Waals surface area contributed by atoms with Crippen molar-refractivity contribution in [3.8, 4) is 11.3 Å². The summed E-state index contributed by atoms with van der Waals surface area (Å²) in [7, 11) is 1.71. The van der Waals surface area contributed by atoms with Crippen LogP contribution < -0.4 is 4.80 Å². The molecule has 0 aliphatic rings. The maximum atomic E-state index is 5.99. The highest BCUT2D eigenvalue weighted by molar-refractivity contribution is 7.07. The molecular weight excluding hydrogens is 328 g/mol. The van der Waals surface area contributed by atoms with Crippen molar-refractivity contribution in [2.45, 2.75) is 6.54 Å². The second kappa shape index (κ2) is 7.59. The van der Waals surface area contributed by atoms with Gasteiger partial charge < -0.3 is 9.30 Å². The zero-order valence-corrected chi connectivity index (χ0v) is 14.3.